The van der Waals surface area contributed by atoms with E-state index in [-0.39, 0.29) is 5.91 Å². The van der Waals surface area contributed by atoms with Crippen LogP contribution in [0.5, 0.6) is 11.6 Å². The predicted molar refractivity (Wildman–Crippen MR) is 84.5 cm³/mol. The predicted octanol–water partition coefficient (Wildman–Crippen LogP) is 2.44. The fourth-order valence-electron chi connectivity index (χ4n) is 3.46. The summed E-state index contributed by atoms with van der Waals surface area (Å²) in [5, 5.41) is 0. The highest BCUT2D eigenvalue weighted by molar-refractivity contribution is 5.89. The Kier molecular flexibility index (Phi) is 3.45. The maximum atomic E-state index is 12.6. The van der Waals surface area contributed by atoms with Crippen molar-refractivity contribution in [3.8, 4) is 11.6 Å². The molecule has 0 radical (unpaired) electrons. The number of methoxy groups -OCH3 is 1. The van der Waals surface area contributed by atoms with E-state index in [2.05, 4.69) is 4.98 Å². The number of esters is 1. The number of fused-ring (bicyclic) bond motifs is 2. The van der Waals surface area contributed by atoms with Crippen LogP contribution in [0.25, 0.3) is 0 Å². The summed E-state index contributed by atoms with van der Waals surface area (Å²) in [5.41, 5.74) is 1.63. The van der Waals surface area contributed by atoms with Crippen LogP contribution in [0.2, 0.25) is 0 Å². The fourth-order valence-corrected chi connectivity index (χ4v) is 3.46. The van der Waals surface area contributed by atoms with Gasteiger partial charge in [0.25, 0.3) is 0 Å². The molecule has 3 heterocycles. The molecule has 0 aliphatic carbocycles. The van der Waals surface area contributed by atoms with Crippen molar-refractivity contribution >= 4 is 11.9 Å². The van der Waals surface area contributed by atoms with E-state index in [4.69, 9.17) is 9.47 Å². The van der Waals surface area contributed by atoms with Crippen molar-refractivity contribution in [1.29, 1.82) is 0 Å². The molecule has 4 rings (SSSR count). The Morgan fingerprint density at radius 3 is 2.88 bits per heavy atom. The fraction of sp³-hybridized carbons (Fsp3) is 0.278. The number of para-hydroxylation sites is 1. The summed E-state index contributed by atoms with van der Waals surface area (Å²) in [5.74, 6) is 0.652. The Balaban J connectivity index is 1.88. The summed E-state index contributed by atoms with van der Waals surface area (Å²) in [7, 11) is 1.34. The average molecular weight is 324 g/mol. The molecule has 1 amide bonds. The van der Waals surface area contributed by atoms with Crippen molar-refractivity contribution in [2.45, 2.75) is 24.9 Å². The lowest BCUT2D eigenvalue weighted by Crippen LogP contribution is -2.43. The van der Waals surface area contributed by atoms with E-state index in [9.17, 15) is 9.59 Å². The average Bonchev–Trinajstić information content (AvgIpc) is 3.00. The number of nitrogens with zero attached hydrogens (tertiary/aromatic N) is 2. The zero-order valence-electron chi connectivity index (χ0n) is 13.1. The summed E-state index contributed by atoms with van der Waals surface area (Å²) >= 11 is 0. The molecule has 2 atom stereocenters. The maximum Gasteiger partial charge on any atom is 0.328 e. The lowest BCUT2D eigenvalue weighted by molar-refractivity contribution is -0.150. The second-order valence-electron chi connectivity index (χ2n) is 5.82. The van der Waals surface area contributed by atoms with E-state index in [1.807, 2.05) is 30.3 Å². The van der Waals surface area contributed by atoms with Gasteiger partial charge in [0, 0.05) is 23.7 Å². The smallest absolute Gasteiger partial charge is 0.328 e. The van der Waals surface area contributed by atoms with Crippen LogP contribution in [0.15, 0.2) is 42.6 Å². The second-order valence-corrected chi connectivity index (χ2v) is 5.82. The molecule has 122 valence electrons. The first-order chi connectivity index (χ1) is 11.7. The number of hydrogen-bond donors (Lipinski definition) is 0. The number of likely N-dealkylation sites (tertiary alicyclic amines) is 1. The van der Waals surface area contributed by atoms with Gasteiger partial charge in [-0.3, -0.25) is 4.79 Å². The highest BCUT2D eigenvalue weighted by atomic mass is 16.5. The molecule has 0 saturated carbocycles. The molecule has 1 fully saturated rings. The van der Waals surface area contributed by atoms with Gasteiger partial charge in [0.15, 0.2) is 0 Å². The van der Waals surface area contributed by atoms with Crippen LogP contribution < -0.4 is 4.74 Å². The molecule has 2 unspecified atom stereocenters. The van der Waals surface area contributed by atoms with Gasteiger partial charge in [0.05, 0.1) is 13.2 Å². The number of aromatic nitrogens is 1. The van der Waals surface area contributed by atoms with E-state index >= 15 is 0 Å². The Bertz CT molecular complexity index is 775. The molecule has 24 heavy (non-hydrogen) atoms. The minimum atomic E-state index is -0.591. The van der Waals surface area contributed by atoms with Gasteiger partial charge in [0.2, 0.25) is 11.8 Å². The third-order valence-corrected chi connectivity index (χ3v) is 4.52. The third-order valence-electron chi connectivity index (χ3n) is 4.52. The van der Waals surface area contributed by atoms with Gasteiger partial charge in [-0.05, 0) is 24.6 Å². The molecule has 0 bridgehead atoms. The highest BCUT2D eigenvalue weighted by Crippen LogP contribution is 2.46. The summed E-state index contributed by atoms with van der Waals surface area (Å²) in [6.45, 7) is 0. The number of amides is 1. The van der Waals surface area contributed by atoms with Crippen LogP contribution in [-0.2, 0) is 14.3 Å². The van der Waals surface area contributed by atoms with Gasteiger partial charge in [-0.2, -0.15) is 0 Å². The lowest BCUT2D eigenvalue weighted by atomic mass is 9.94. The van der Waals surface area contributed by atoms with Crippen molar-refractivity contribution in [3.05, 3.63) is 53.7 Å². The molecular formula is C18H16N2O4. The molecule has 0 N–H and O–H groups in total. The van der Waals surface area contributed by atoms with E-state index in [0.717, 1.165) is 11.1 Å². The van der Waals surface area contributed by atoms with Crippen molar-refractivity contribution in [2.75, 3.05) is 7.11 Å². The summed E-state index contributed by atoms with van der Waals surface area (Å²) in [6, 6.07) is 10.2. The summed E-state index contributed by atoms with van der Waals surface area (Å²) in [4.78, 5) is 30.7. The minimum absolute atomic E-state index is 0.0677. The first-order valence-electron chi connectivity index (χ1n) is 7.81. The Morgan fingerprint density at radius 2 is 2.04 bits per heavy atom. The largest absolute Gasteiger partial charge is 0.467 e. The monoisotopic (exact) mass is 324 g/mol. The van der Waals surface area contributed by atoms with Crippen LogP contribution in [0.3, 0.4) is 0 Å². The maximum absolute atomic E-state index is 12.6. The molecule has 2 aliphatic rings. The first-order valence-corrected chi connectivity index (χ1v) is 7.81. The number of pyridine rings is 1. The van der Waals surface area contributed by atoms with Gasteiger partial charge < -0.3 is 14.4 Å². The quantitative estimate of drug-likeness (QED) is 0.794. The summed E-state index contributed by atoms with van der Waals surface area (Å²) in [6.07, 6.45) is 2.43. The number of rotatable bonds is 2. The number of ether oxygens (including phenoxy) is 2. The Labute approximate surface area is 139 Å². The van der Waals surface area contributed by atoms with Crippen LogP contribution in [0.4, 0.5) is 0 Å². The standard InChI is InChI=1S/C18H16N2O4/c1-23-18(22)13-8-9-15(21)20(13)16-11-5-2-3-7-14(11)24-17-12(16)6-4-10-19-17/h2-7,10,13,16H,8-9H2,1H3. The molecular weight excluding hydrogens is 308 g/mol. The molecule has 1 saturated heterocycles. The molecule has 0 spiro atoms. The van der Waals surface area contributed by atoms with Gasteiger partial charge in [0.1, 0.15) is 11.8 Å². The third kappa shape index (κ3) is 2.14. The number of hydrogen-bond acceptors (Lipinski definition) is 5. The van der Waals surface area contributed by atoms with Crippen molar-refractivity contribution < 1.29 is 19.1 Å². The van der Waals surface area contributed by atoms with Crippen LogP contribution in [0, 0.1) is 0 Å². The minimum Gasteiger partial charge on any atom is -0.467 e. The highest BCUT2D eigenvalue weighted by Gasteiger charge is 2.45. The first kappa shape index (κ1) is 14.7. The molecule has 1 aromatic heterocycles. The van der Waals surface area contributed by atoms with Crippen LogP contribution in [0.1, 0.15) is 30.0 Å². The number of benzene rings is 1. The molecule has 2 aromatic rings. The topological polar surface area (TPSA) is 68.7 Å². The number of carbonyl (C=O) groups is 2. The van der Waals surface area contributed by atoms with Gasteiger partial charge in [-0.15, -0.1) is 0 Å². The molecule has 6 nitrogen and oxygen atoms in total. The Morgan fingerprint density at radius 1 is 1.25 bits per heavy atom. The normalized spacial score (nSPS) is 21.7. The van der Waals surface area contributed by atoms with Crippen LogP contribution in [-0.4, -0.2) is 34.9 Å². The van der Waals surface area contributed by atoms with Gasteiger partial charge in [-0.1, -0.05) is 18.2 Å². The molecule has 1 aromatic carbocycles. The zero-order chi connectivity index (χ0) is 16.7. The second kappa shape index (κ2) is 5.63. The lowest BCUT2D eigenvalue weighted by Gasteiger charge is -2.36. The zero-order valence-corrected chi connectivity index (χ0v) is 13.1. The van der Waals surface area contributed by atoms with Crippen molar-refractivity contribution in [2.24, 2.45) is 0 Å². The van der Waals surface area contributed by atoms with E-state index < -0.39 is 18.1 Å². The van der Waals surface area contributed by atoms with E-state index in [0.29, 0.717) is 24.5 Å². The van der Waals surface area contributed by atoms with E-state index in [1.54, 1.807) is 17.2 Å². The van der Waals surface area contributed by atoms with Gasteiger partial charge in [-0.25, -0.2) is 9.78 Å². The molecule has 2 aliphatic heterocycles. The van der Waals surface area contributed by atoms with E-state index in [1.165, 1.54) is 7.11 Å². The van der Waals surface area contributed by atoms with Crippen LogP contribution >= 0.6 is 0 Å². The molecule has 6 heteroatoms. The summed E-state index contributed by atoms with van der Waals surface area (Å²) < 4.78 is 10.8. The van der Waals surface area contributed by atoms with Crippen molar-refractivity contribution in [3.63, 3.8) is 0 Å². The SMILES string of the molecule is COC(=O)C1CCC(=O)N1C1c2ccccc2Oc2ncccc21. The Hall–Kier alpha value is -2.89. The van der Waals surface area contributed by atoms with Gasteiger partial charge >= 0.3 is 5.97 Å². The number of carbonyl (C=O) groups excluding carboxylic acids is 2. The van der Waals surface area contributed by atoms with Crippen molar-refractivity contribution in [1.82, 2.24) is 9.88 Å².